The zero-order chi connectivity index (χ0) is 22.4. The fourth-order valence-corrected chi connectivity index (χ4v) is 3.12. The van der Waals surface area contributed by atoms with E-state index in [4.69, 9.17) is 39.9 Å². The van der Waals surface area contributed by atoms with Crippen molar-refractivity contribution in [3.8, 4) is 17.3 Å². The molecule has 1 aromatic carbocycles. The van der Waals surface area contributed by atoms with Crippen molar-refractivity contribution in [2.75, 3.05) is 18.4 Å². The molecule has 3 aromatic rings. The van der Waals surface area contributed by atoms with Crippen LogP contribution < -0.4 is 22.1 Å². The minimum atomic E-state index is -0.0446. The van der Waals surface area contributed by atoms with Crippen molar-refractivity contribution in [2.24, 2.45) is 11.5 Å². The molecule has 2 aromatic heterocycles. The Morgan fingerprint density at radius 3 is 2.74 bits per heavy atom. The van der Waals surface area contributed by atoms with Gasteiger partial charge in [-0.3, -0.25) is 0 Å². The fraction of sp³-hybridized carbons (Fsp3) is 0.100. The van der Waals surface area contributed by atoms with E-state index in [9.17, 15) is 0 Å². The number of rotatable bonds is 8. The zero-order valence-electron chi connectivity index (χ0n) is 16.3. The number of nitrogens with zero attached hydrogens (tertiary/aromatic N) is 5. The highest BCUT2D eigenvalue weighted by atomic mass is 35.5. The summed E-state index contributed by atoms with van der Waals surface area (Å²) in [6, 6.07) is 8.92. The third kappa shape index (κ3) is 5.45. The van der Waals surface area contributed by atoms with Gasteiger partial charge in [0.1, 0.15) is 18.2 Å². The molecule has 2 heterocycles. The Balaban J connectivity index is 1.69. The summed E-state index contributed by atoms with van der Waals surface area (Å²) in [5.41, 5.74) is 13.6. The number of nitrogens with two attached hydrogens (primary N) is 2. The van der Waals surface area contributed by atoms with Crippen molar-refractivity contribution in [1.29, 1.82) is 5.26 Å². The van der Waals surface area contributed by atoms with Crippen LogP contribution in [0.3, 0.4) is 0 Å². The minimum Gasteiger partial charge on any atom is -0.385 e. The molecule has 11 heteroatoms. The zero-order valence-corrected chi connectivity index (χ0v) is 17.8. The van der Waals surface area contributed by atoms with Crippen LogP contribution in [0.15, 0.2) is 66.4 Å². The lowest BCUT2D eigenvalue weighted by molar-refractivity contribution is 0.821. The predicted molar refractivity (Wildman–Crippen MR) is 122 cm³/mol. The number of fused-ring (bicyclic) bond motifs is 1. The van der Waals surface area contributed by atoms with E-state index in [1.807, 2.05) is 6.07 Å². The first-order valence-electron chi connectivity index (χ1n) is 9.05. The van der Waals surface area contributed by atoms with Gasteiger partial charge >= 0.3 is 0 Å². The summed E-state index contributed by atoms with van der Waals surface area (Å²) in [5.74, 6) is 0.460. The molecule has 0 bridgehead atoms. The minimum absolute atomic E-state index is 0.0446. The predicted octanol–water partition coefficient (Wildman–Crippen LogP) is 2.82. The fourth-order valence-electron chi connectivity index (χ4n) is 2.62. The van der Waals surface area contributed by atoms with E-state index in [1.165, 1.54) is 12.4 Å². The monoisotopic (exact) mass is 455 g/mol. The van der Waals surface area contributed by atoms with Crippen LogP contribution in [0.5, 0.6) is 0 Å². The molecule has 0 spiro atoms. The molecule has 0 atom stereocenters. The van der Waals surface area contributed by atoms with Crippen molar-refractivity contribution in [2.45, 2.75) is 0 Å². The van der Waals surface area contributed by atoms with Crippen molar-refractivity contribution in [3.05, 3.63) is 76.5 Å². The number of hydrogen-bond acceptors (Lipinski definition) is 8. The van der Waals surface area contributed by atoms with Crippen LogP contribution in [0.25, 0.3) is 16.9 Å². The first kappa shape index (κ1) is 22.0. The SMILES string of the molecule is C=C(/C=C\C(C#N)=C(N)N)NCCNc1nc(-c2ccc(Cl)cc2Cl)cc2ncnn12. The largest absolute Gasteiger partial charge is 0.385 e. The lowest BCUT2D eigenvalue weighted by Crippen LogP contribution is -2.22. The Morgan fingerprint density at radius 2 is 2.03 bits per heavy atom. The highest BCUT2D eigenvalue weighted by molar-refractivity contribution is 6.36. The van der Waals surface area contributed by atoms with Crippen LogP contribution in [0.1, 0.15) is 0 Å². The Bertz CT molecular complexity index is 1220. The van der Waals surface area contributed by atoms with E-state index in [-0.39, 0.29) is 11.4 Å². The summed E-state index contributed by atoms with van der Waals surface area (Å²) in [6.45, 7) is 4.90. The Hall–Kier alpha value is -3.74. The molecule has 9 nitrogen and oxygen atoms in total. The highest BCUT2D eigenvalue weighted by Gasteiger charge is 2.12. The van der Waals surface area contributed by atoms with E-state index in [1.54, 1.807) is 34.9 Å². The van der Waals surface area contributed by atoms with Crippen LogP contribution in [-0.4, -0.2) is 32.7 Å². The summed E-state index contributed by atoms with van der Waals surface area (Å²) in [7, 11) is 0. The quantitative estimate of drug-likeness (QED) is 0.230. The molecule has 0 aliphatic heterocycles. The van der Waals surface area contributed by atoms with Crippen molar-refractivity contribution < 1.29 is 0 Å². The van der Waals surface area contributed by atoms with Gasteiger partial charge in [-0.05, 0) is 30.4 Å². The van der Waals surface area contributed by atoms with Crippen LogP contribution in [0.2, 0.25) is 10.0 Å². The third-order valence-corrected chi connectivity index (χ3v) is 4.66. The molecule has 0 saturated carbocycles. The number of allylic oxidation sites excluding steroid dienone is 3. The first-order chi connectivity index (χ1) is 14.9. The second-order valence-corrected chi connectivity index (χ2v) is 7.16. The van der Waals surface area contributed by atoms with Crippen LogP contribution in [0.4, 0.5) is 5.95 Å². The topological polar surface area (TPSA) is 143 Å². The molecule has 6 N–H and O–H groups in total. The maximum absolute atomic E-state index is 8.94. The van der Waals surface area contributed by atoms with Gasteiger partial charge in [0, 0.05) is 35.4 Å². The summed E-state index contributed by atoms with van der Waals surface area (Å²) in [4.78, 5) is 8.87. The molecule has 31 heavy (non-hydrogen) atoms. The molecule has 0 unspecified atom stereocenters. The standard InChI is InChI=1S/C20H19Cl2N9/c1-12(2-3-13(10-23)19(24)25)26-6-7-27-20-30-17(9-18-28-11-29-31(18)20)15-5-4-14(21)8-16(15)22/h2-5,8-9,11,26H,1,6-7,24-25H2,(H,27,30)/b3-2-. The van der Waals surface area contributed by atoms with E-state index >= 15 is 0 Å². The number of nitrogens with one attached hydrogen (secondary N) is 2. The van der Waals surface area contributed by atoms with Crippen LogP contribution in [-0.2, 0) is 0 Å². The lowest BCUT2D eigenvalue weighted by atomic mass is 10.1. The maximum atomic E-state index is 8.94. The smallest absolute Gasteiger partial charge is 0.226 e. The molecule has 0 radical (unpaired) electrons. The molecule has 158 valence electrons. The van der Waals surface area contributed by atoms with Gasteiger partial charge in [-0.1, -0.05) is 29.8 Å². The Labute approximate surface area is 188 Å². The summed E-state index contributed by atoms with van der Waals surface area (Å²) in [6.07, 6.45) is 4.57. The molecular formula is C20H19Cl2N9. The van der Waals surface area contributed by atoms with Gasteiger partial charge in [-0.25, -0.2) is 9.97 Å². The van der Waals surface area contributed by atoms with Crippen molar-refractivity contribution >= 4 is 34.8 Å². The summed E-state index contributed by atoms with van der Waals surface area (Å²) in [5, 5.41) is 20.5. The Kier molecular flexibility index (Phi) is 6.97. The van der Waals surface area contributed by atoms with Gasteiger partial charge in [0.2, 0.25) is 5.95 Å². The van der Waals surface area contributed by atoms with Gasteiger partial charge < -0.3 is 22.1 Å². The van der Waals surface area contributed by atoms with Crippen LogP contribution >= 0.6 is 23.2 Å². The van der Waals surface area contributed by atoms with Crippen LogP contribution in [0, 0.1) is 11.3 Å². The molecule has 0 fully saturated rings. The van der Waals surface area contributed by atoms with E-state index < -0.39 is 0 Å². The molecular weight excluding hydrogens is 437 g/mol. The average Bonchev–Trinajstić information content (AvgIpc) is 3.20. The number of anilines is 1. The normalized spacial score (nSPS) is 10.7. The van der Waals surface area contributed by atoms with E-state index in [0.29, 0.717) is 46.1 Å². The average molecular weight is 456 g/mol. The first-order valence-corrected chi connectivity index (χ1v) is 9.81. The molecule has 0 aliphatic carbocycles. The van der Waals surface area contributed by atoms with Gasteiger partial charge in [-0.15, -0.1) is 0 Å². The molecule has 0 aliphatic rings. The van der Waals surface area contributed by atoms with Gasteiger partial charge in [0.05, 0.1) is 16.3 Å². The third-order valence-electron chi connectivity index (χ3n) is 4.12. The Morgan fingerprint density at radius 1 is 1.23 bits per heavy atom. The summed E-state index contributed by atoms with van der Waals surface area (Å²) < 4.78 is 1.59. The molecule has 0 saturated heterocycles. The number of aromatic nitrogens is 4. The van der Waals surface area contributed by atoms with E-state index in [0.717, 1.165) is 5.56 Å². The van der Waals surface area contributed by atoms with Gasteiger partial charge in [-0.2, -0.15) is 14.9 Å². The lowest BCUT2D eigenvalue weighted by Gasteiger charge is -2.11. The van der Waals surface area contributed by atoms with Gasteiger partial charge in [0.25, 0.3) is 0 Å². The second-order valence-electron chi connectivity index (χ2n) is 6.31. The second kappa shape index (κ2) is 9.84. The number of halogens is 2. The molecule has 0 amide bonds. The number of hydrogen-bond donors (Lipinski definition) is 4. The number of nitriles is 1. The summed E-state index contributed by atoms with van der Waals surface area (Å²) >= 11 is 12.3. The highest BCUT2D eigenvalue weighted by Crippen LogP contribution is 2.30. The van der Waals surface area contributed by atoms with Crippen molar-refractivity contribution in [1.82, 2.24) is 24.9 Å². The van der Waals surface area contributed by atoms with E-state index in [2.05, 4.69) is 32.3 Å². The van der Waals surface area contributed by atoms with Crippen molar-refractivity contribution in [3.63, 3.8) is 0 Å². The maximum Gasteiger partial charge on any atom is 0.226 e. The van der Waals surface area contributed by atoms with Gasteiger partial charge in [0.15, 0.2) is 5.65 Å². The number of benzene rings is 1. The molecule has 3 rings (SSSR count).